The van der Waals surface area contributed by atoms with Crippen LogP contribution in [0.2, 0.25) is 0 Å². The van der Waals surface area contributed by atoms with Crippen LogP contribution in [0, 0.1) is 11.8 Å². The maximum Gasteiger partial charge on any atom is 0.411 e. The van der Waals surface area contributed by atoms with Gasteiger partial charge in [0, 0.05) is 18.2 Å². The van der Waals surface area contributed by atoms with Crippen LogP contribution >= 0.6 is 0 Å². The van der Waals surface area contributed by atoms with Crippen molar-refractivity contribution in [2.24, 2.45) is 11.8 Å². The van der Waals surface area contributed by atoms with E-state index in [0.29, 0.717) is 12.5 Å². The first-order valence-electron chi connectivity index (χ1n) is 19.8. The fourth-order valence-corrected chi connectivity index (χ4v) is 8.83. The largest absolute Gasteiger partial charge is 0.453 e. The number of aromatic amines is 2. The lowest BCUT2D eigenvalue weighted by Gasteiger charge is -2.35. The van der Waals surface area contributed by atoms with Gasteiger partial charge in [-0.2, -0.15) is 0 Å². The average Bonchev–Trinajstić information content (AvgIpc) is 4.04. The summed E-state index contributed by atoms with van der Waals surface area (Å²) in [7, 11) is 1.30. The highest BCUT2D eigenvalue weighted by Gasteiger charge is 2.51. The average molecular weight is 758 g/mol. The highest BCUT2D eigenvalue weighted by Crippen LogP contribution is 2.50. The van der Waals surface area contributed by atoms with Crippen LogP contribution < -0.4 is 5.32 Å². The number of carbonyl (C=O) groups excluding carboxylic acids is 3. The van der Waals surface area contributed by atoms with Crippen LogP contribution in [-0.4, -0.2) is 79.2 Å². The number of nitrogens with one attached hydrogen (secondary N) is 3. The van der Waals surface area contributed by atoms with Gasteiger partial charge >= 0.3 is 12.2 Å². The summed E-state index contributed by atoms with van der Waals surface area (Å²) in [6, 6.07) is 20.6. The third-order valence-corrected chi connectivity index (χ3v) is 11.6. The number of carbonyl (C=O) groups is 3. The zero-order chi connectivity index (χ0) is 39.3. The van der Waals surface area contributed by atoms with Crippen LogP contribution in [0.15, 0.2) is 73.1 Å². The Bertz CT molecular complexity index is 2250. The third-order valence-electron chi connectivity index (χ3n) is 11.6. The Hall–Kier alpha value is -5.65. The lowest BCUT2D eigenvalue weighted by molar-refractivity contribution is -0.135. The van der Waals surface area contributed by atoms with E-state index in [-0.39, 0.29) is 36.0 Å². The monoisotopic (exact) mass is 757 g/mol. The van der Waals surface area contributed by atoms with Crippen LogP contribution in [-0.2, 0) is 14.3 Å². The lowest BCUT2D eigenvalue weighted by Crippen LogP contribution is -2.51. The van der Waals surface area contributed by atoms with E-state index in [0.717, 1.165) is 88.2 Å². The number of amides is 3. The summed E-state index contributed by atoms with van der Waals surface area (Å²) in [5.41, 5.74) is 5.53. The molecular formula is C44H51N7O5. The van der Waals surface area contributed by atoms with Gasteiger partial charge in [0.15, 0.2) is 0 Å². The van der Waals surface area contributed by atoms with Crippen molar-refractivity contribution in [1.82, 2.24) is 35.1 Å². The number of aromatic nitrogens is 4. The Morgan fingerprint density at radius 2 is 1.45 bits per heavy atom. The minimum absolute atomic E-state index is 0.0963. The predicted octanol–water partition coefficient (Wildman–Crippen LogP) is 8.79. The molecule has 1 aliphatic carbocycles. The van der Waals surface area contributed by atoms with Crippen molar-refractivity contribution >= 4 is 28.9 Å². The minimum atomic E-state index is -0.679. The molecule has 56 heavy (non-hydrogen) atoms. The number of fused-ring (bicyclic) bond motifs is 3. The molecule has 12 nitrogen and oxygen atoms in total. The van der Waals surface area contributed by atoms with Gasteiger partial charge in [-0.15, -0.1) is 0 Å². The molecular weight excluding hydrogens is 707 g/mol. The van der Waals surface area contributed by atoms with Gasteiger partial charge in [0.2, 0.25) is 5.91 Å². The van der Waals surface area contributed by atoms with Crippen molar-refractivity contribution in [3.63, 3.8) is 0 Å². The molecule has 2 saturated heterocycles. The zero-order valence-corrected chi connectivity index (χ0v) is 33.0. The topological polar surface area (TPSA) is 146 Å². The molecule has 2 aromatic heterocycles. The van der Waals surface area contributed by atoms with Gasteiger partial charge in [0.25, 0.3) is 0 Å². The molecule has 3 aromatic carbocycles. The van der Waals surface area contributed by atoms with Crippen molar-refractivity contribution in [2.45, 2.75) is 96.5 Å². The summed E-state index contributed by atoms with van der Waals surface area (Å²) >= 11 is 0. The maximum atomic E-state index is 13.6. The summed E-state index contributed by atoms with van der Waals surface area (Å²) in [6.45, 7) is 10.1. The second kappa shape index (κ2) is 14.8. The molecule has 4 heterocycles. The Morgan fingerprint density at radius 3 is 2.14 bits per heavy atom. The number of alkyl carbamates (subject to hydrolysis) is 1. The SMILES string of the molecule is COC(=O)N[C@H](C(=O)N1CCC[C@H]1c1ncc(-c2ccc3cc(-c4ccc(-c5cnc([C@@H]6[C@H]7CCC(C7)N6C(=O)OC(C)(C)C)[nH]5)cc4)ccc3c2)[nH]1)C(C)C. The number of hydrogen-bond donors (Lipinski definition) is 3. The van der Waals surface area contributed by atoms with E-state index in [4.69, 9.17) is 19.4 Å². The number of rotatable bonds is 8. The quantitative estimate of drug-likeness (QED) is 0.143. The zero-order valence-electron chi connectivity index (χ0n) is 33.0. The molecule has 3 amide bonds. The van der Waals surface area contributed by atoms with Crippen LogP contribution in [0.3, 0.4) is 0 Å². The number of benzene rings is 3. The minimum Gasteiger partial charge on any atom is -0.453 e. The number of piperidine rings is 1. The van der Waals surface area contributed by atoms with E-state index >= 15 is 0 Å². The maximum absolute atomic E-state index is 13.6. The number of methoxy groups -OCH3 is 1. The molecule has 1 saturated carbocycles. The molecule has 292 valence electrons. The van der Waals surface area contributed by atoms with E-state index in [1.165, 1.54) is 7.11 Å². The van der Waals surface area contributed by atoms with Crippen molar-refractivity contribution in [2.75, 3.05) is 13.7 Å². The second-order valence-electron chi connectivity index (χ2n) is 16.8. The van der Waals surface area contributed by atoms with Crippen molar-refractivity contribution in [3.8, 4) is 33.6 Å². The van der Waals surface area contributed by atoms with Crippen LogP contribution in [0.4, 0.5) is 9.59 Å². The third kappa shape index (κ3) is 7.24. The Morgan fingerprint density at radius 1 is 0.821 bits per heavy atom. The highest BCUT2D eigenvalue weighted by atomic mass is 16.6. The summed E-state index contributed by atoms with van der Waals surface area (Å²) in [5, 5.41) is 4.94. The molecule has 5 atom stereocenters. The molecule has 0 radical (unpaired) electrons. The Labute approximate surface area is 327 Å². The molecule has 3 N–H and O–H groups in total. The van der Waals surface area contributed by atoms with E-state index in [9.17, 15) is 14.4 Å². The second-order valence-corrected chi connectivity index (χ2v) is 16.8. The van der Waals surface area contributed by atoms with Crippen LogP contribution in [0.25, 0.3) is 44.4 Å². The Balaban J connectivity index is 0.955. The molecule has 8 rings (SSSR count). The summed E-state index contributed by atoms with van der Waals surface area (Å²) in [4.78, 5) is 59.0. The summed E-state index contributed by atoms with van der Waals surface area (Å²) < 4.78 is 10.6. The van der Waals surface area contributed by atoms with Gasteiger partial charge in [-0.05, 0) is 104 Å². The van der Waals surface area contributed by atoms with Gasteiger partial charge in [0.05, 0.1) is 43.0 Å². The van der Waals surface area contributed by atoms with E-state index in [1.807, 2.05) is 56.8 Å². The van der Waals surface area contributed by atoms with Crippen LogP contribution in [0.5, 0.6) is 0 Å². The smallest absolute Gasteiger partial charge is 0.411 e. The number of imidazole rings is 2. The lowest BCUT2D eigenvalue weighted by atomic mass is 9.98. The molecule has 5 aromatic rings. The molecule has 0 spiro atoms. The standard InChI is InChI=1S/C44H51N7O5/c1-25(2)37(49-42(53)55-6)41(52)50-19-7-8-36(50)39-45-24-35(47-39)31-16-15-29-20-28(13-14-30(29)21-31)26-9-11-27(12-10-26)34-23-46-40(48-34)38-32-17-18-33(22-32)51(38)43(54)56-44(3,4)5/h9-16,20-21,23-25,32-33,36-38H,7-8,17-19,22H2,1-6H3,(H,45,47)(H,46,48)(H,49,53)/t32-,33?,36-,37-,38-/m0/s1. The van der Waals surface area contributed by atoms with Gasteiger partial charge in [0.1, 0.15) is 23.3 Å². The van der Waals surface area contributed by atoms with Crippen LogP contribution in [0.1, 0.15) is 90.5 Å². The number of ether oxygens (including phenoxy) is 2. The van der Waals surface area contributed by atoms with Crippen molar-refractivity contribution in [1.29, 1.82) is 0 Å². The normalized spacial score (nSPS) is 21.2. The first kappa shape index (κ1) is 37.3. The van der Waals surface area contributed by atoms with Gasteiger partial charge in [-0.3, -0.25) is 9.69 Å². The number of H-pyrrole nitrogens is 2. The Kier molecular flexibility index (Phi) is 9.84. The fourth-order valence-electron chi connectivity index (χ4n) is 8.83. The summed E-state index contributed by atoms with van der Waals surface area (Å²) in [5.74, 6) is 1.72. The van der Waals surface area contributed by atoms with E-state index < -0.39 is 17.7 Å². The molecule has 2 aliphatic heterocycles. The number of likely N-dealkylation sites (tertiary alicyclic amines) is 2. The van der Waals surface area contributed by atoms with Crippen molar-refractivity contribution in [3.05, 3.63) is 84.7 Å². The van der Waals surface area contributed by atoms with Gasteiger partial charge in [-0.25, -0.2) is 19.6 Å². The van der Waals surface area contributed by atoms with Crippen molar-refractivity contribution < 1.29 is 23.9 Å². The van der Waals surface area contributed by atoms with E-state index in [1.54, 1.807) is 0 Å². The number of nitrogens with zero attached hydrogens (tertiary/aromatic N) is 4. The fraction of sp³-hybridized carbons (Fsp3) is 0.432. The van der Waals surface area contributed by atoms with E-state index in [2.05, 4.69) is 75.9 Å². The first-order chi connectivity index (χ1) is 26.9. The molecule has 12 heteroatoms. The molecule has 2 bridgehead atoms. The first-order valence-corrected chi connectivity index (χ1v) is 19.8. The molecule has 3 fully saturated rings. The number of hydrogen-bond acceptors (Lipinski definition) is 7. The van der Waals surface area contributed by atoms with Gasteiger partial charge in [-0.1, -0.05) is 62.4 Å². The molecule has 1 unspecified atom stereocenters. The van der Waals surface area contributed by atoms with Gasteiger partial charge < -0.3 is 29.7 Å². The molecule has 3 aliphatic rings. The summed E-state index contributed by atoms with van der Waals surface area (Å²) in [6.07, 6.45) is 7.59. The predicted molar refractivity (Wildman–Crippen MR) is 214 cm³/mol. The highest BCUT2D eigenvalue weighted by molar-refractivity contribution is 5.91.